The summed E-state index contributed by atoms with van der Waals surface area (Å²) in [5.74, 6) is -0.260. The predicted octanol–water partition coefficient (Wildman–Crippen LogP) is 2.67. The van der Waals surface area contributed by atoms with E-state index in [1.807, 2.05) is 21.0 Å². The lowest BCUT2D eigenvalue weighted by Gasteiger charge is -2.29. The predicted molar refractivity (Wildman–Crippen MR) is 80.6 cm³/mol. The first kappa shape index (κ1) is 16.8. The Kier molecular flexibility index (Phi) is 6.82. The second-order valence-corrected chi connectivity index (χ2v) is 5.39. The van der Waals surface area contributed by atoms with Gasteiger partial charge in [0.25, 0.3) is 0 Å². The standard InChI is InChI=1S/C16H25FN2O/c1-5-10-19(12-11-18(3)4)13(2)16(20)14-6-8-15(17)9-7-14/h6-9,13H,5,10-12H2,1-4H3. The van der Waals surface area contributed by atoms with Gasteiger partial charge in [0.15, 0.2) is 5.78 Å². The van der Waals surface area contributed by atoms with Gasteiger partial charge < -0.3 is 4.90 Å². The third-order valence-electron chi connectivity index (χ3n) is 3.40. The van der Waals surface area contributed by atoms with Crippen molar-refractivity contribution in [1.29, 1.82) is 0 Å². The van der Waals surface area contributed by atoms with Gasteiger partial charge in [0, 0.05) is 18.7 Å². The summed E-state index contributed by atoms with van der Waals surface area (Å²) in [6, 6.07) is 5.61. The van der Waals surface area contributed by atoms with Crippen LogP contribution in [0, 0.1) is 5.82 Å². The topological polar surface area (TPSA) is 23.6 Å². The Morgan fingerprint density at radius 3 is 2.25 bits per heavy atom. The molecule has 0 aromatic heterocycles. The molecule has 0 bridgehead atoms. The number of hydrogen-bond acceptors (Lipinski definition) is 3. The molecule has 0 heterocycles. The van der Waals surface area contributed by atoms with Gasteiger partial charge >= 0.3 is 0 Å². The van der Waals surface area contributed by atoms with E-state index in [0.717, 1.165) is 26.1 Å². The van der Waals surface area contributed by atoms with Crippen LogP contribution < -0.4 is 0 Å². The molecule has 0 saturated carbocycles. The SMILES string of the molecule is CCCN(CCN(C)C)C(C)C(=O)c1ccc(F)cc1. The maximum atomic E-state index is 12.9. The lowest BCUT2D eigenvalue weighted by Crippen LogP contribution is -2.43. The number of carbonyl (C=O) groups excluding carboxylic acids is 1. The molecule has 0 aliphatic carbocycles. The number of ketones is 1. The minimum Gasteiger partial charge on any atom is -0.308 e. The normalized spacial score (nSPS) is 12.9. The minimum atomic E-state index is -0.313. The summed E-state index contributed by atoms with van der Waals surface area (Å²) in [6.07, 6.45) is 1.01. The van der Waals surface area contributed by atoms with Crippen molar-refractivity contribution in [3.05, 3.63) is 35.6 Å². The summed E-state index contributed by atoms with van der Waals surface area (Å²) >= 11 is 0. The second kappa shape index (κ2) is 8.12. The Balaban J connectivity index is 2.74. The lowest BCUT2D eigenvalue weighted by atomic mass is 10.0. The number of nitrogens with zero attached hydrogens (tertiary/aromatic N) is 2. The Bertz CT molecular complexity index is 417. The van der Waals surface area contributed by atoms with Crippen LogP contribution in [0.4, 0.5) is 4.39 Å². The van der Waals surface area contributed by atoms with Crippen molar-refractivity contribution in [2.75, 3.05) is 33.7 Å². The van der Waals surface area contributed by atoms with Crippen LogP contribution in [0.3, 0.4) is 0 Å². The summed E-state index contributed by atoms with van der Waals surface area (Å²) in [5, 5.41) is 0. The van der Waals surface area contributed by atoms with E-state index in [2.05, 4.69) is 16.7 Å². The molecule has 0 radical (unpaired) electrons. The zero-order valence-electron chi connectivity index (χ0n) is 12.9. The van der Waals surface area contributed by atoms with Gasteiger partial charge in [-0.15, -0.1) is 0 Å². The molecule has 0 fully saturated rings. The van der Waals surface area contributed by atoms with E-state index in [1.165, 1.54) is 12.1 Å². The first-order valence-electron chi connectivity index (χ1n) is 7.14. The van der Waals surface area contributed by atoms with E-state index in [-0.39, 0.29) is 17.6 Å². The number of Topliss-reactive ketones (excluding diaryl/α,β-unsaturated/α-hetero) is 1. The molecule has 0 spiro atoms. The molecule has 112 valence electrons. The van der Waals surface area contributed by atoms with E-state index in [4.69, 9.17) is 0 Å². The molecular formula is C16H25FN2O. The molecule has 20 heavy (non-hydrogen) atoms. The highest BCUT2D eigenvalue weighted by Gasteiger charge is 2.21. The van der Waals surface area contributed by atoms with Crippen LogP contribution in [0.5, 0.6) is 0 Å². The lowest BCUT2D eigenvalue weighted by molar-refractivity contribution is 0.0828. The summed E-state index contributed by atoms with van der Waals surface area (Å²) in [7, 11) is 4.05. The van der Waals surface area contributed by atoms with Crippen LogP contribution in [-0.2, 0) is 0 Å². The van der Waals surface area contributed by atoms with Gasteiger partial charge in [-0.1, -0.05) is 6.92 Å². The Morgan fingerprint density at radius 1 is 1.15 bits per heavy atom. The van der Waals surface area contributed by atoms with Gasteiger partial charge in [0.1, 0.15) is 5.82 Å². The Hall–Kier alpha value is -1.26. The van der Waals surface area contributed by atoms with Crippen LogP contribution >= 0.6 is 0 Å². The summed E-state index contributed by atoms with van der Waals surface area (Å²) in [5.41, 5.74) is 0.574. The molecule has 0 aliphatic heterocycles. The highest BCUT2D eigenvalue weighted by Crippen LogP contribution is 2.11. The second-order valence-electron chi connectivity index (χ2n) is 5.39. The molecule has 1 rings (SSSR count). The summed E-state index contributed by atoms with van der Waals surface area (Å²) in [6.45, 7) is 6.70. The molecule has 0 amide bonds. The molecular weight excluding hydrogens is 255 g/mol. The van der Waals surface area contributed by atoms with Crippen molar-refractivity contribution in [2.24, 2.45) is 0 Å². The minimum absolute atomic E-state index is 0.0530. The zero-order chi connectivity index (χ0) is 15.1. The maximum absolute atomic E-state index is 12.9. The molecule has 1 aromatic carbocycles. The van der Waals surface area contributed by atoms with Crippen molar-refractivity contribution in [3.8, 4) is 0 Å². The number of halogens is 1. The smallest absolute Gasteiger partial charge is 0.179 e. The van der Waals surface area contributed by atoms with E-state index < -0.39 is 0 Å². The molecule has 1 aromatic rings. The monoisotopic (exact) mass is 280 g/mol. The average Bonchev–Trinajstić information content (AvgIpc) is 2.42. The quantitative estimate of drug-likeness (QED) is 0.684. The maximum Gasteiger partial charge on any atom is 0.179 e. The molecule has 1 unspecified atom stereocenters. The van der Waals surface area contributed by atoms with Crippen LogP contribution in [-0.4, -0.2) is 55.4 Å². The van der Waals surface area contributed by atoms with Crippen LogP contribution in [0.1, 0.15) is 30.6 Å². The zero-order valence-corrected chi connectivity index (χ0v) is 12.9. The van der Waals surface area contributed by atoms with Gasteiger partial charge in [0.05, 0.1) is 6.04 Å². The number of benzene rings is 1. The Labute approximate surface area is 121 Å². The fourth-order valence-electron chi connectivity index (χ4n) is 2.14. The van der Waals surface area contributed by atoms with Gasteiger partial charge in [-0.2, -0.15) is 0 Å². The van der Waals surface area contributed by atoms with E-state index in [9.17, 15) is 9.18 Å². The van der Waals surface area contributed by atoms with Crippen molar-refractivity contribution in [2.45, 2.75) is 26.3 Å². The number of hydrogen-bond donors (Lipinski definition) is 0. The van der Waals surface area contributed by atoms with Crippen LogP contribution in [0.2, 0.25) is 0 Å². The molecule has 0 saturated heterocycles. The van der Waals surface area contributed by atoms with Gasteiger partial charge in [-0.05, 0) is 58.3 Å². The van der Waals surface area contributed by atoms with Crippen molar-refractivity contribution in [1.82, 2.24) is 9.80 Å². The highest BCUT2D eigenvalue weighted by molar-refractivity contribution is 5.99. The fourth-order valence-corrected chi connectivity index (χ4v) is 2.14. The molecule has 0 N–H and O–H groups in total. The molecule has 1 atom stereocenters. The molecule has 0 aliphatic rings. The Morgan fingerprint density at radius 2 is 1.75 bits per heavy atom. The number of rotatable bonds is 8. The first-order chi connectivity index (χ1) is 9.45. The summed E-state index contributed by atoms with van der Waals surface area (Å²) < 4.78 is 12.9. The average molecular weight is 280 g/mol. The first-order valence-corrected chi connectivity index (χ1v) is 7.14. The fraction of sp³-hybridized carbons (Fsp3) is 0.562. The van der Waals surface area contributed by atoms with E-state index in [0.29, 0.717) is 5.56 Å². The van der Waals surface area contributed by atoms with Crippen molar-refractivity contribution >= 4 is 5.78 Å². The third kappa shape index (κ3) is 5.02. The van der Waals surface area contributed by atoms with E-state index >= 15 is 0 Å². The van der Waals surface area contributed by atoms with Crippen LogP contribution in [0.15, 0.2) is 24.3 Å². The van der Waals surface area contributed by atoms with Gasteiger partial charge in [-0.3, -0.25) is 9.69 Å². The molecule has 4 heteroatoms. The highest BCUT2D eigenvalue weighted by atomic mass is 19.1. The third-order valence-corrected chi connectivity index (χ3v) is 3.40. The van der Waals surface area contributed by atoms with Crippen molar-refractivity contribution < 1.29 is 9.18 Å². The molecule has 3 nitrogen and oxygen atoms in total. The number of likely N-dealkylation sites (N-methyl/N-ethyl adjacent to an activating group) is 1. The van der Waals surface area contributed by atoms with Gasteiger partial charge in [0.2, 0.25) is 0 Å². The van der Waals surface area contributed by atoms with Gasteiger partial charge in [-0.25, -0.2) is 4.39 Å². The number of carbonyl (C=O) groups is 1. The van der Waals surface area contributed by atoms with Crippen molar-refractivity contribution in [3.63, 3.8) is 0 Å². The van der Waals surface area contributed by atoms with E-state index in [1.54, 1.807) is 12.1 Å². The van der Waals surface area contributed by atoms with Crippen LogP contribution in [0.25, 0.3) is 0 Å². The summed E-state index contributed by atoms with van der Waals surface area (Å²) in [4.78, 5) is 16.7. The largest absolute Gasteiger partial charge is 0.308 e.